The zero-order valence-corrected chi connectivity index (χ0v) is 16.7. The van der Waals surface area contributed by atoms with E-state index < -0.39 is 5.92 Å². The Bertz CT molecular complexity index is 382. The van der Waals surface area contributed by atoms with Gasteiger partial charge in [0.05, 0.1) is 18.3 Å². The van der Waals surface area contributed by atoms with Crippen LogP contribution in [0.1, 0.15) is 74.1 Å². The van der Waals surface area contributed by atoms with Crippen molar-refractivity contribution in [2.24, 2.45) is 5.92 Å². The molecule has 2 fully saturated rings. The van der Waals surface area contributed by atoms with Gasteiger partial charge in [0, 0.05) is 6.42 Å². The topological polar surface area (TPSA) is 61.8 Å². The highest BCUT2D eigenvalue weighted by Gasteiger charge is 2.49. The van der Waals surface area contributed by atoms with E-state index in [-0.39, 0.29) is 30.1 Å². The van der Waals surface area contributed by atoms with Crippen LogP contribution in [-0.4, -0.2) is 37.2 Å². The van der Waals surface area contributed by atoms with Crippen molar-refractivity contribution in [2.45, 2.75) is 91.7 Å². The second-order valence-corrected chi connectivity index (χ2v) is 6.88. The van der Waals surface area contributed by atoms with Crippen LogP contribution >= 0.6 is 0 Å². The molecule has 0 N–H and O–H groups in total. The quantitative estimate of drug-likeness (QED) is 0.430. The van der Waals surface area contributed by atoms with E-state index in [9.17, 15) is 9.59 Å². The summed E-state index contributed by atoms with van der Waals surface area (Å²) in [5.41, 5.74) is -0.318. The predicted molar refractivity (Wildman–Crippen MR) is 96.9 cm³/mol. The van der Waals surface area contributed by atoms with Gasteiger partial charge in [-0.25, -0.2) is 0 Å². The first-order valence-electron chi connectivity index (χ1n) is 9.10. The zero-order chi connectivity index (χ0) is 19.0. The third-order valence-corrected chi connectivity index (χ3v) is 4.68. The summed E-state index contributed by atoms with van der Waals surface area (Å²) < 4.78 is 15.9. The average Bonchev–Trinajstić information content (AvgIpc) is 2.77. The number of hydrogen-bond donors (Lipinski definition) is 0. The lowest BCUT2D eigenvalue weighted by molar-refractivity contribution is -0.150. The van der Waals surface area contributed by atoms with Crippen LogP contribution in [0.3, 0.4) is 0 Å². The molecule has 0 radical (unpaired) electrons. The fraction of sp³-hybridized carbons (Fsp3) is 0.889. The van der Waals surface area contributed by atoms with E-state index in [0.717, 1.165) is 19.2 Å². The van der Waals surface area contributed by atoms with Gasteiger partial charge in [-0.05, 0) is 46.9 Å². The van der Waals surface area contributed by atoms with E-state index in [4.69, 9.17) is 9.31 Å². The van der Waals surface area contributed by atoms with E-state index >= 15 is 0 Å². The van der Waals surface area contributed by atoms with Crippen molar-refractivity contribution >= 4 is 18.9 Å². The Labute approximate surface area is 147 Å². The molecule has 0 aromatic carbocycles. The molecule has 0 aromatic rings. The summed E-state index contributed by atoms with van der Waals surface area (Å²) in [5, 5.41) is 0. The van der Waals surface area contributed by atoms with Crippen LogP contribution in [0.5, 0.6) is 0 Å². The molecule has 0 spiro atoms. The molecule has 1 atom stereocenters. The fourth-order valence-corrected chi connectivity index (χ4v) is 2.51. The number of Topliss-reactive ketones (excluding diaryl/α,β-unsaturated/α-hetero) is 1. The Morgan fingerprint density at radius 2 is 1.67 bits per heavy atom. The smallest absolute Gasteiger partial charge is 0.457 e. The van der Waals surface area contributed by atoms with Crippen LogP contribution in [0.4, 0.5) is 0 Å². The number of carbonyl (C=O) groups excluding carboxylic acids is 2. The highest BCUT2D eigenvalue weighted by atomic mass is 16.7. The maximum atomic E-state index is 11.1. The van der Waals surface area contributed by atoms with Crippen LogP contribution in [-0.2, 0) is 23.6 Å². The van der Waals surface area contributed by atoms with E-state index in [1.807, 2.05) is 13.8 Å². The first-order valence-corrected chi connectivity index (χ1v) is 9.10. The highest BCUT2D eigenvalue weighted by Crippen LogP contribution is 2.37. The molecule has 0 bridgehead atoms. The number of carbonyl (C=O) groups is 2. The lowest BCUT2D eigenvalue weighted by Gasteiger charge is -2.32. The average molecular weight is 342 g/mol. The third-order valence-electron chi connectivity index (χ3n) is 4.68. The minimum absolute atomic E-state index is 0.0139. The van der Waals surface area contributed by atoms with Gasteiger partial charge in [0.2, 0.25) is 0 Å². The number of methoxy groups -OCH3 is 1. The number of rotatable bonds is 2. The van der Waals surface area contributed by atoms with Gasteiger partial charge in [0.15, 0.2) is 0 Å². The van der Waals surface area contributed by atoms with Crippen LogP contribution in [0.25, 0.3) is 0 Å². The molecular weight excluding hydrogens is 307 g/mol. The second-order valence-electron chi connectivity index (χ2n) is 6.88. The number of ketones is 1. The van der Waals surface area contributed by atoms with E-state index in [1.54, 1.807) is 0 Å². The van der Waals surface area contributed by atoms with Crippen LogP contribution in [0.15, 0.2) is 0 Å². The number of hydrogen-bond acceptors (Lipinski definition) is 5. The second kappa shape index (κ2) is 10.2. The Hall–Kier alpha value is -0.875. The van der Waals surface area contributed by atoms with Crippen LogP contribution in [0.2, 0.25) is 6.32 Å². The SMILES string of the molecule is CC.CCB1OC(C)(C)C(C)(C)O1.COC(=O)C1CCCCC1=O. The van der Waals surface area contributed by atoms with Crippen molar-refractivity contribution in [1.29, 1.82) is 0 Å². The van der Waals surface area contributed by atoms with Gasteiger partial charge < -0.3 is 14.0 Å². The van der Waals surface area contributed by atoms with Gasteiger partial charge >= 0.3 is 13.1 Å². The largest absolute Gasteiger partial charge is 0.468 e. The maximum Gasteiger partial charge on any atom is 0.457 e. The molecule has 2 aliphatic rings. The molecule has 140 valence electrons. The predicted octanol–water partition coefficient (Wildman–Crippen LogP) is 4.04. The van der Waals surface area contributed by atoms with E-state index in [2.05, 4.69) is 39.4 Å². The standard InChI is InChI=1S/C8H17BO2.C8H12O3.C2H6/c1-6-9-10-7(2,3)8(4,5)11-9;1-11-8(10)6-4-2-3-5-7(6)9;1-2/h6H2,1-5H3;6H,2-5H2,1H3;1-2H3. The van der Waals surface area contributed by atoms with E-state index in [0.29, 0.717) is 12.8 Å². The summed E-state index contributed by atoms with van der Waals surface area (Å²) >= 11 is 0. The first kappa shape index (κ1) is 23.1. The summed E-state index contributed by atoms with van der Waals surface area (Å²) in [4.78, 5) is 22.0. The van der Waals surface area contributed by atoms with Crippen molar-refractivity contribution in [2.75, 3.05) is 7.11 Å². The lowest BCUT2D eigenvalue weighted by atomic mass is 9.87. The Morgan fingerprint density at radius 1 is 1.17 bits per heavy atom. The monoisotopic (exact) mass is 342 g/mol. The summed E-state index contributed by atoms with van der Waals surface area (Å²) in [7, 11) is 1.31. The molecule has 24 heavy (non-hydrogen) atoms. The molecule has 2 rings (SSSR count). The van der Waals surface area contributed by atoms with Gasteiger partial charge in [0.25, 0.3) is 0 Å². The van der Waals surface area contributed by atoms with Gasteiger partial charge in [-0.15, -0.1) is 0 Å². The minimum Gasteiger partial charge on any atom is -0.468 e. The van der Waals surface area contributed by atoms with Gasteiger partial charge in [-0.2, -0.15) is 0 Å². The molecule has 5 nitrogen and oxygen atoms in total. The summed E-state index contributed by atoms with van der Waals surface area (Å²) in [6.07, 6.45) is 4.02. The van der Waals surface area contributed by atoms with Gasteiger partial charge in [-0.1, -0.05) is 27.2 Å². The summed E-state index contributed by atoms with van der Waals surface area (Å²) in [5.74, 6) is -0.786. The molecule has 1 heterocycles. The fourth-order valence-electron chi connectivity index (χ4n) is 2.51. The van der Waals surface area contributed by atoms with Gasteiger partial charge in [-0.3, -0.25) is 9.59 Å². The van der Waals surface area contributed by atoms with Gasteiger partial charge in [0.1, 0.15) is 11.7 Å². The van der Waals surface area contributed by atoms with Crippen molar-refractivity contribution < 1.29 is 23.6 Å². The van der Waals surface area contributed by atoms with E-state index in [1.165, 1.54) is 7.11 Å². The lowest BCUT2D eigenvalue weighted by Crippen LogP contribution is -2.41. The molecule has 1 aliphatic carbocycles. The molecule has 1 saturated carbocycles. The molecule has 1 aliphatic heterocycles. The zero-order valence-electron chi connectivity index (χ0n) is 16.7. The third kappa shape index (κ3) is 6.21. The minimum atomic E-state index is -0.464. The molecular formula is C18H35BO5. The Kier molecular flexibility index (Phi) is 9.82. The Balaban J connectivity index is 0.000000400. The molecule has 1 unspecified atom stereocenters. The highest BCUT2D eigenvalue weighted by molar-refractivity contribution is 6.45. The summed E-state index contributed by atoms with van der Waals surface area (Å²) in [6, 6.07) is 0. The first-order chi connectivity index (χ1) is 11.1. The normalized spacial score (nSPS) is 24.2. The van der Waals surface area contributed by atoms with Crippen LogP contribution in [0, 0.1) is 5.92 Å². The Morgan fingerprint density at radius 3 is 2.00 bits per heavy atom. The number of ether oxygens (including phenoxy) is 1. The van der Waals surface area contributed by atoms with Crippen molar-refractivity contribution in [1.82, 2.24) is 0 Å². The van der Waals surface area contributed by atoms with Crippen molar-refractivity contribution in [3.05, 3.63) is 0 Å². The summed E-state index contributed by atoms with van der Waals surface area (Å²) in [6.45, 7) is 14.4. The molecule has 6 heteroatoms. The van der Waals surface area contributed by atoms with Crippen molar-refractivity contribution in [3.63, 3.8) is 0 Å². The molecule has 1 saturated heterocycles. The molecule has 0 amide bonds. The number of esters is 1. The van der Waals surface area contributed by atoms with Crippen LogP contribution < -0.4 is 0 Å². The van der Waals surface area contributed by atoms with Crippen molar-refractivity contribution in [3.8, 4) is 0 Å². The molecule has 0 aromatic heterocycles. The maximum absolute atomic E-state index is 11.1.